The zero-order valence-corrected chi connectivity index (χ0v) is 17.3. The topological polar surface area (TPSA) is 85.1 Å². The summed E-state index contributed by atoms with van der Waals surface area (Å²) in [5.41, 5.74) is 3.71. The molecule has 26 heavy (non-hydrogen) atoms. The molecule has 0 saturated heterocycles. The fourth-order valence-electron chi connectivity index (χ4n) is 2.53. The molecule has 3 aromatic rings. The Kier molecular flexibility index (Phi) is 6.33. The van der Waals surface area contributed by atoms with Crippen molar-refractivity contribution in [2.24, 2.45) is 0 Å². The van der Waals surface area contributed by atoms with E-state index >= 15 is 0 Å². The Morgan fingerprint density at radius 3 is 2.92 bits per heavy atom. The number of nitrogens with one attached hydrogen (secondary N) is 1. The van der Waals surface area contributed by atoms with Gasteiger partial charge in [0.25, 0.3) is 0 Å². The molecule has 0 radical (unpaired) electrons. The molecule has 0 aromatic carbocycles. The fraction of sp³-hybridized carbons (Fsp3) is 0.235. The van der Waals surface area contributed by atoms with Crippen molar-refractivity contribution in [3.05, 3.63) is 41.5 Å². The van der Waals surface area contributed by atoms with Crippen molar-refractivity contribution in [2.45, 2.75) is 6.92 Å². The molecule has 0 saturated carbocycles. The molecular formula is C17H18IN5O2S. The molecule has 0 bridgehead atoms. The Hall–Kier alpha value is -1.85. The van der Waals surface area contributed by atoms with Gasteiger partial charge in [-0.1, -0.05) is 6.08 Å². The number of aromatic nitrogens is 4. The first kappa shape index (κ1) is 18.9. The Labute approximate surface area is 167 Å². The minimum Gasteiger partial charge on any atom is -0.490 e. The summed E-state index contributed by atoms with van der Waals surface area (Å²) >= 11 is 2.24. The summed E-state index contributed by atoms with van der Waals surface area (Å²) in [4.78, 5) is 13.3. The van der Waals surface area contributed by atoms with Gasteiger partial charge in [-0.25, -0.2) is 4.98 Å². The molecular weight excluding hydrogens is 465 g/mol. The van der Waals surface area contributed by atoms with Gasteiger partial charge in [0.05, 0.1) is 18.5 Å². The predicted octanol–water partition coefficient (Wildman–Crippen LogP) is 3.56. The van der Waals surface area contributed by atoms with Gasteiger partial charge in [0.2, 0.25) is 5.95 Å². The standard InChI is InChI=1S/C17H18IN5O2S/c1-11-10-23(26-18)16-15(11)14(21-17(19-2)22-16)4-3-12-7-13(9-20-8-12)25-6-5-24/h3-4,7-10,24H,5-6H2,1-2H3,(H,19,21,22)/b4-3+. The van der Waals surface area contributed by atoms with Gasteiger partial charge in [-0.05, 0) is 30.2 Å². The molecule has 0 aliphatic rings. The van der Waals surface area contributed by atoms with E-state index in [1.54, 1.807) is 28.6 Å². The van der Waals surface area contributed by atoms with Crippen LogP contribution in [0.3, 0.4) is 0 Å². The minimum absolute atomic E-state index is 0.0309. The molecule has 136 valence electrons. The maximum atomic E-state index is 8.86. The van der Waals surface area contributed by atoms with Crippen LogP contribution in [0.15, 0.2) is 24.7 Å². The molecule has 3 heterocycles. The van der Waals surface area contributed by atoms with Gasteiger partial charge >= 0.3 is 0 Å². The zero-order valence-electron chi connectivity index (χ0n) is 14.3. The van der Waals surface area contributed by atoms with E-state index in [1.165, 1.54) is 0 Å². The maximum absolute atomic E-state index is 8.86. The van der Waals surface area contributed by atoms with Gasteiger partial charge < -0.3 is 15.2 Å². The van der Waals surface area contributed by atoms with Crippen LogP contribution in [0.5, 0.6) is 5.75 Å². The van der Waals surface area contributed by atoms with E-state index in [1.807, 2.05) is 22.2 Å². The first-order valence-corrected chi connectivity index (χ1v) is 11.2. The van der Waals surface area contributed by atoms with Crippen LogP contribution in [0, 0.1) is 6.92 Å². The predicted molar refractivity (Wildman–Crippen MR) is 115 cm³/mol. The van der Waals surface area contributed by atoms with Gasteiger partial charge in [-0.15, -0.1) is 0 Å². The number of hydrogen-bond donors (Lipinski definition) is 2. The number of aryl methyl sites for hydroxylation is 1. The van der Waals surface area contributed by atoms with E-state index in [0.717, 1.165) is 27.9 Å². The molecule has 7 nitrogen and oxygen atoms in total. The van der Waals surface area contributed by atoms with E-state index in [-0.39, 0.29) is 13.2 Å². The monoisotopic (exact) mass is 483 g/mol. The molecule has 0 aliphatic heterocycles. The largest absolute Gasteiger partial charge is 0.490 e. The van der Waals surface area contributed by atoms with Crippen LogP contribution in [0.2, 0.25) is 0 Å². The Bertz CT molecular complexity index is 944. The highest BCUT2D eigenvalue weighted by Gasteiger charge is 2.13. The number of aliphatic hydroxyl groups excluding tert-OH is 1. The molecule has 0 unspecified atom stereocenters. The van der Waals surface area contributed by atoms with Crippen LogP contribution in [-0.4, -0.2) is 44.3 Å². The number of halogens is 1. The Morgan fingerprint density at radius 1 is 1.35 bits per heavy atom. The van der Waals surface area contributed by atoms with Gasteiger partial charge in [0.15, 0.2) is 5.65 Å². The highest BCUT2D eigenvalue weighted by Crippen LogP contribution is 2.30. The van der Waals surface area contributed by atoms with Crippen LogP contribution >= 0.6 is 30.3 Å². The van der Waals surface area contributed by atoms with Crippen LogP contribution in [0.1, 0.15) is 16.8 Å². The maximum Gasteiger partial charge on any atom is 0.225 e. The van der Waals surface area contributed by atoms with Gasteiger partial charge in [0.1, 0.15) is 12.4 Å². The average molecular weight is 483 g/mol. The van der Waals surface area contributed by atoms with Crippen LogP contribution < -0.4 is 10.1 Å². The number of nitrogens with zero attached hydrogens (tertiary/aromatic N) is 4. The number of hydrogen-bond acceptors (Lipinski definition) is 7. The average Bonchev–Trinajstić information content (AvgIpc) is 3.00. The van der Waals surface area contributed by atoms with E-state index in [2.05, 4.69) is 54.6 Å². The lowest BCUT2D eigenvalue weighted by molar-refractivity contribution is 0.201. The Balaban J connectivity index is 2.00. The van der Waals surface area contributed by atoms with Crippen molar-refractivity contribution in [2.75, 3.05) is 25.6 Å². The van der Waals surface area contributed by atoms with Crippen molar-refractivity contribution in [1.82, 2.24) is 18.9 Å². The third-order valence-corrected chi connectivity index (χ3v) is 5.36. The summed E-state index contributed by atoms with van der Waals surface area (Å²) in [6, 6.07) is 1.87. The molecule has 2 N–H and O–H groups in total. The molecule has 0 fully saturated rings. The van der Waals surface area contributed by atoms with E-state index in [0.29, 0.717) is 11.7 Å². The number of aliphatic hydroxyl groups is 1. The first-order chi connectivity index (χ1) is 12.7. The molecule has 0 spiro atoms. The van der Waals surface area contributed by atoms with E-state index in [9.17, 15) is 0 Å². The van der Waals surface area contributed by atoms with Gasteiger partial charge in [0, 0.05) is 55.2 Å². The number of anilines is 1. The number of fused-ring (bicyclic) bond motifs is 1. The summed E-state index contributed by atoms with van der Waals surface area (Å²) in [5.74, 6) is 1.19. The molecule has 3 rings (SSSR count). The molecule has 9 heteroatoms. The van der Waals surface area contributed by atoms with Crippen molar-refractivity contribution in [3.8, 4) is 5.75 Å². The summed E-state index contributed by atoms with van der Waals surface area (Å²) < 4.78 is 7.43. The number of ether oxygens (including phenoxy) is 1. The lowest BCUT2D eigenvalue weighted by atomic mass is 10.1. The van der Waals surface area contributed by atoms with Crippen LogP contribution in [0.4, 0.5) is 5.95 Å². The minimum atomic E-state index is -0.0309. The highest BCUT2D eigenvalue weighted by atomic mass is 127. The van der Waals surface area contributed by atoms with Gasteiger partial charge in [-0.3, -0.25) is 8.96 Å². The van der Waals surface area contributed by atoms with Gasteiger partial charge in [-0.2, -0.15) is 4.98 Å². The molecule has 0 aliphatic carbocycles. The smallest absolute Gasteiger partial charge is 0.225 e. The fourth-order valence-corrected chi connectivity index (χ4v) is 3.83. The molecule has 3 aromatic heterocycles. The van der Waals surface area contributed by atoms with Crippen molar-refractivity contribution < 1.29 is 9.84 Å². The van der Waals surface area contributed by atoms with E-state index in [4.69, 9.17) is 9.84 Å². The van der Waals surface area contributed by atoms with Crippen LogP contribution in [-0.2, 0) is 0 Å². The van der Waals surface area contributed by atoms with Crippen molar-refractivity contribution in [1.29, 1.82) is 0 Å². The van der Waals surface area contributed by atoms with Crippen molar-refractivity contribution >= 4 is 59.5 Å². The Morgan fingerprint density at radius 2 is 2.19 bits per heavy atom. The summed E-state index contributed by atoms with van der Waals surface area (Å²) in [6.07, 6.45) is 9.31. The van der Waals surface area contributed by atoms with Crippen LogP contribution in [0.25, 0.3) is 23.2 Å². The molecule has 0 amide bonds. The third kappa shape index (κ3) is 4.10. The second kappa shape index (κ2) is 8.69. The van der Waals surface area contributed by atoms with E-state index < -0.39 is 0 Å². The van der Waals surface area contributed by atoms with Crippen molar-refractivity contribution in [3.63, 3.8) is 0 Å². The lowest BCUT2D eigenvalue weighted by Gasteiger charge is -2.05. The summed E-state index contributed by atoms with van der Waals surface area (Å²) in [5, 5.41) is 12.9. The number of rotatable bonds is 7. The normalized spacial score (nSPS) is 11.4. The quantitative estimate of drug-likeness (QED) is 0.497. The molecule has 0 atom stereocenters. The second-order valence-corrected chi connectivity index (χ2v) is 7.16. The third-order valence-electron chi connectivity index (χ3n) is 3.66. The lowest BCUT2D eigenvalue weighted by Crippen LogP contribution is -2.01. The highest BCUT2D eigenvalue weighted by molar-refractivity contribution is 14.2. The zero-order chi connectivity index (χ0) is 18.5. The number of pyridine rings is 1. The summed E-state index contributed by atoms with van der Waals surface area (Å²) in [7, 11) is 3.37. The summed E-state index contributed by atoms with van der Waals surface area (Å²) in [6.45, 7) is 2.26. The first-order valence-electron chi connectivity index (χ1n) is 7.89. The second-order valence-electron chi connectivity index (χ2n) is 5.45. The SMILES string of the molecule is CNc1nc(/C=C/c2cncc(OCCO)c2)c2c(C)cn(SI)c2n1.